The van der Waals surface area contributed by atoms with Crippen LogP contribution < -0.4 is 5.32 Å². The van der Waals surface area contributed by atoms with E-state index in [1.165, 1.54) is 0 Å². The first kappa shape index (κ1) is 19.5. The summed E-state index contributed by atoms with van der Waals surface area (Å²) in [6, 6.07) is 0.415. The third-order valence-corrected chi connectivity index (χ3v) is 6.01. The molecule has 0 radical (unpaired) electrons. The van der Waals surface area contributed by atoms with Gasteiger partial charge in [-0.25, -0.2) is 4.79 Å². The lowest BCUT2D eigenvalue weighted by molar-refractivity contribution is 0.0492. The summed E-state index contributed by atoms with van der Waals surface area (Å²) < 4.78 is 7.13. The number of ether oxygens (including phenoxy) is 1. The molecule has 1 spiro atoms. The molecule has 7 heteroatoms. The van der Waals surface area contributed by atoms with Gasteiger partial charge in [0.2, 0.25) is 0 Å². The van der Waals surface area contributed by atoms with E-state index in [9.17, 15) is 9.59 Å². The first-order valence-electron chi connectivity index (χ1n) is 9.29. The number of fused-ring (bicyclic) bond motifs is 1. The molecule has 1 aliphatic heterocycles. The van der Waals surface area contributed by atoms with E-state index in [0.717, 1.165) is 36.1 Å². The average Bonchev–Trinajstić information content (AvgIpc) is 2.83. The monoisotopic (exact) mass is 425 g/mol. The molecule has 144 valence electrons. The van der Waals surface area contributed by atoms with Gasteiger partial charge in [-0.2, -0.15) is 9.78 Å². The van der Waals surface area contributed by atoms with Crippen LogP contribution in [0.4, 0.5) is 4.79 Å². The lowest BCUT2D eigenvalue weighted by Gasteiger charge is -2.44. The zero-order valence-electron chi connectivity index (χ0n) is 16.2. The van der Waals surface area contributed by atoms with Gasteiger partial charge in [0, 0.05) is 18.0 Å². The van der Waals surface area contributed by atoms with E-state index in [1.54, 1.807) is 20.8 Å². The Balaban J connectivity index is 1.93. The molecule has 1 saturated heterocycles. The molecule has 26 heavy (non-hydrogen) atoms. The van der Waals surface area contributed by atoms with Crippen LogP contribution in [0.25, 0.3) is 0 Å². The van der Waals surface area contributed by atoms with Gasteiger partial charge in [0.05, 0.1) is 0 Å². The molecule has 1 aromatic rings. The SMILES string of the molecule is CC(C)C1CC2(CCN1)CC(=O)c1c(c(Br)nn1C(=O)OC(C)(C)C)C2. The molecule has 1 aromatic heterocycles. The number of ketones is 1. The Bertz CT molecular complexity index is 735. The van der Waals surface area contributed by atoms with Crippen LogP contribution in [0.15, 0.2) is 4.60 Å². The second-order valence-corrected chi connectivity index (χ2v) is 9.80. The molecule has 0 amide bonds. The number of Topliss-reactive ketones (excluding diaryl/α,β-unsaturated/α-hetero) is 1. The Morgan fingerprint density at radius 1 is 1.38 bits per heavy atom. The minimum atomic E-state index is -0.638. The number of halogens is 1. The predicted octanol–water partition coefficient (Wildman–Crippen LogP) is 3.95. The average molecular weight is 426 g/mol. The molecule has 0 bridgehead atoms. The molecule has 2 atom stereocenters. The molecular formula is C19H28BrN3O3. The molecular weight excluding hydrogens is 398 g/mol. The Morgan fingerprint density at radius 2 is 2.08 bits per heavy atom. The maximum absolute atomic E-state index is 13.0. The Labute approximate surface area is 163 Å². The highest BCUT2D eigenvalue weighted by Gasteiger charge is 2.45. The van der Waals surface area contributed by atoms with Crippen LogP contribution >= 0.6 is 15.9 Å². The zero-order valence-corrected chi connectivity index (χ0v) is 17.8. The number of rotatable bonds is 1. The summed E-state index contributed by atoms with van der Waals surface area (Å²) in [5, 5.41) is 7.86. The van der Waals surface area contributed by atoms with Crippen LogP contribution in [0.5, 0.6) is 0 Å². The maximum atomic E-state index is 13.0. The minimum Gasteiger partial charge on any atom is -0.442 e. The first-order chi connectivity index (χ1) is 12.0. The van der Waals surface area contributed by atoms with Crippen molar-refractivity contribution >= 4 is 27.8 Å². The van der Waals surface area contributed by atoms with E-state index in [4.69, 9.17) is 4.74 Å². The van der Waals surface area contributed by atoms with Crippen molar-refractivity contribution in [2.75, 3.05) is 6.54 Å². The van der Waals surface area contributed by atoms with E-state index >= 15 is 0 Å². The van der Waals surface area contributed by atoms with Gasteiger partial charge in [0.1, 0.15) is 15.9 Å². The van der Waals surface area contributed by atoms with E-state index in [-0.39, 0.29) is 11.2 Å². The van der Waals surface area contributed by atoms with E-state index < -0.39 is 11.7 Å². The Hall–Kier alpha value is -1.21. The van der Waals surface area contributed by atoms with Gasteiger partial charge < -0.3 is 10.1 Å². The van der Waals surface area contributed by atoms with Crippen molar-refractivity contribution in [1.82, 2.24) is 15.1 Å². The normalized spacial score (nSPS) is 26.3. The number of piperidine rings is 1. The summed E-state index contributed by atoms with van der Waals surface area (Å²) in [5.74, 6) is 0.510. The topological polar surface area (TPSA) is 73.2 Å². The molecule has 2 heterocycles. The van der Waals surface area contributed by atoms with Crippen LogP contribution in [-0.2, 0) is 11.2 Å². The van der Waals surface area contributed by atoms with Crippen LogP contribution in [-0.4, -0.2) is 39.8 Å². The smallest absolute Gasteiger partial charge is 0.435 e. The number of nitrogens with one attached hydrogen (secondary N) is 1. The molecule has 2 unspecified atom stereocenters. The fourth-order valence-corrected chi connectivity index (χ4v) is 4.61. The van der Waals surface area contributed by atoms with Gasteiger partial charge >= 0.3 is 6.09 Å². The van der Waals surface area contributed by atoms with Crippen molar-refractivity contribution < 1.29 is 14.3 Å². The fourth-order valence-electron chi connectivity index (χ4n) is 4.12. The van der Waals surface area contributed by atoms with E-state index in [2.05, 4.69) is 40.2 Å². The number of hydrogen-bond acceptors (Lipinski definition) is 5. The molecule has 1 N–H and O–H groups in total. The van der Waals surface area contributed by atoms with Gasteiger partial charge in [0.15, 0.2) is 5.78 Å². The summed E-state index contributed by atoms with van der Waals surface area (Å²) in [6.45, 7) is 10.7. The molecule has 3 rings (SSSR count). The number of nitrogens with zero attached hydrogens (tertiary/aromatic N) is 2. The third-order valence-electron chi connectivity index (χ3n) is 5.37. The highest BCUT2D eigenvalue weighted by Crippen LogP contribution is 2.46. The summed E-state index contributed by atoms with van der Waals surface area (Å²) >= 11 is 3.46. The van der Waals surface area contributed by atoms with Gasteiger partial charge in [-0.05, 0) is 73.8 Å². The van der Waals surface area contributed by atoms with Crippen LogP contribution in [0, 0.1) is 11.3 Å². The first-order valence-corrected chi connectivity index (χ1v) is 10.1. The summed E-state index contributed by atoms with van der Waals surface area (Å²) in [5.41, 5.74) is 0.544. The summed E-state index contributed by atoms with van der Waals surface area (Å²) in [6.07, 6.45) is 2.56. The molecule has 0 aromatic carbocycles. The Kier molecular flexibility index (Phi) is 5.07. The molecule has 1 fully saturated rings. The highest BCUT2D eigenvalue weighted by molar-refractivity contribution is 9.10. The van der Waals surface area contributed by atoms with E-state index in [0.29, 0.717) is 28.7 Å². The standard InChI is InChI=1S/C19H28BrN3O3/c1-11(2)13-9-19(6-7-21-13)8-12-15(14(24)10-19)23(22-16(12)20)17(25)26-18(3,4)5/h11,13,21H,6-10H2,1-5H3. The molecule has 6 nitrogen and oxygen atoms in total. The van der Waals surface area contributed by atoms with Gasteiger partial charge in [-0.3, -0.25) is 4.79 Å². The third kappa shape index (κ3) is 3.74. The molecule has 2 aliphatic rings. The number of hydrogen-bond donors (Lipinski definition) is 1. The second-order valence-electron chi connectivity index (χ2n) is 9.05. The zero-order chi connectivity index (χ0) is 19.3. The number of carbonyl (C=O) groups excluding carboxylic acids is 2. The van der Waals surface area contributed by atoms with Crippen molar-refractivity contribution in [2.24, 2.45) is 11.3 Å². The van der Waals surface area contributed by atoms with Gasteiger partial charge in [-0.1, -0.05) is 13.8 Å². The van der Waals surface area contributed by atoms with Crippen molar-refractivity contribution in [3.8, 4) is 0 Å². The van der Waals surface area contributed by atoms with Crippen LogP contribution in [0.2, 0.25) is 0 Å². The minimum absolute atomic E-state index is 0.0142. The largest absolute Gasteiger partial charge is 0.442 e. The quantitative estimate of drug-likeness (QED) is 0.736. The van der Waals surface area contributed by atoms with Crippen molar-refractivity contribution in [1.29, 1.82) is 0 Å². The predicted molar refractivity (Wildman–Crippen MR) is 103 cm³/mol. The van der Waals surface area contributed by atoms with Crippen molar-refractivity contribution in [3.63, 3.8) is 0 Å². The summed E-state index contributed by atoms with van der Waals surface area (Å²) in [4.78, 5) is 25.5. The Morgan fingerprint density at radius 3 is 2.69 bits per heavy atom. The maximum Gasteiger partial charge on any atom is 0.435 e. The lowest BCUT2D eigenvalue weighted by atomic mass is 9.64. The van der Waals surface area contributed by atoms with E-state index in [1.807, 2.05) is 0 Å². The number of aromatic nitrogens is 2. The molecule has 1 aliphatic carbocycles. The molecule has 0 saturated carbocycles. The van der Waals surface area contributed by atoms with Crippen molar-refractivity contribution in [3.05, 3.63) is 15.9 Å². The van der Waals surface area contributed by atoms with Crippen LogP contribution in [0.3, 0.4) is 0 Å². The lowest BCUT2D eigenvalue weighted by Crippen LogP contribution is -2.49. The van der Waals surface area contributed by atoms with Gasteiger partial charge in [0.25, 0.3) is 0 Å². The van der Waals surface area contributed by atoms with Gasteiger partial charge in [-0.15, -0.1) is 0 Å². The van der Waals surface area contributed by atoms with Crippen molar-refractivity contribution in [2.45, 2.75) is 71.9 Å². The highest BCUT2D eigenvalue weighted by atomic mass is 79.9. The fraction of sp³-hybridized carbons (Fsp3) is 0.737. The van der Waals surface area contributed by atoms with Crippen LogP contribution in [0.1, 0.15) is 69.9 Å². The summed E-state index contributed by atoms with van der Waals surface area (Å²) in [7, 11) is 0. The number of carbonyl (C=O) groups is 2. The second kappa shape index (κ2) is 6.75.